The zero-order valence-corrected chi connectivity index (χ0v) is 10.5. The molecule has 0 atom stereocenters. The van der Waals surface area contributed by atoms with Crippen LogP contribution >= 0.6 is 0 Å². The maximum absolute atomic E-state index is 13.5. The van der Waals surface area contributed by atoms with Gasteiger partial charge in [0.1, 0.15) is 5.82 Å². The molecule has 0 aliphatic carbocycles. The number of halogens is 1. The van der Waals surface area contributed by atoms with Crippen molar-refractivity contribution in [2.24, 2.45) is 0 Å². The Morgan fingerprint density at radius 3 is 2.50 bits per heavy atom. The first-order chi connectivity index (χ1) is 9.40. The number of nitrogens with zero attached hydrogens (tertiary/aromatic N) is 1. The molecule has 2 aromatic rings. The van der Waals surface area contributed by atoms with Gasteiger partial charge in [-0.3, -0.25) is 10.1 Å². The summed E-state index contributed by atoms with van der Waals surface area (Å²) >= 11 is 0. The van der Waals surface area contributed by atoms with Gasteiger partial charge in [0.25, 0.3) is 5.69 Å². The minimum absolute atomic E-state index is 0.180. The summed E-state index contributed by atoms with van der Waals surface area (Å²) in [5.74, 6) is -1.73. The molecular weight excluding hydrogens is 265 g/mol. The molecule has 0 radical (unpaired) electrons. The van der Waals surface area contributed by atoms with Gasteiger partial charge in [0.05, 0.1) is 16.1 Å². The first kappa shape index (κ1) is 13.7. The number of nitro groups is 1. The van der Waals surface area contributed by atoms with E-state index >= 15 is 0 Å². The Morgan fingerprint density at radius 1 is 1.25 bits per heavy atom. The molecule has 102 valence electrons. The molecule has 0 spiro atoms. The second-order valence-corrected chi connectivity index (χ2v) is 4.26. The maximum Gasteiger partial charge on any atom is 0.335 e. The number of aromatic carboxylic acids is 1. The van der Waals surface area contributed by atoms with Crippen LogP contribution < -0.4 is 0 Å². The predicted molar refractivity (Wildman–Crippen MR) is 70.2 cm³/mol. The number of benzene rings is 2. The quantitative estimate of drug-likeness (QED) is 0.687. The normalized spacial score (nSPS) is 10.3. The summed E-state index contributed by atoms with van der Waals surface area (Å²) in [5.41, 5.74) is 0.385. The first-order valence-corrected chi connectivity index (χ1v) is 5.68. The van der Waals surface area contributed by atoms with E-state index in [1.165, 1.54) is 24.3 Å². The maximum atomic E-state index is 13.5. The molecule has 5 nitrogen and oxygen atoms in total. The van der Waals surface area contributed by atoms with Gasteiger partial charge in [-0.05, 0) is 36.2 Å². The smallest absolute Gasteiger partial charge is 0.335 e. The summed E-state index contributed by atoms with van der Waals surface area (Å²) in [7, 11) is 0. The highest BCUT2D eigenvalue weighted by Gasteiger charge is 2.19. The second kappa shape index (κ2) is 5.08. The highest BCUT2D eigenvalue weighted by atomic mass is 19.1. The Bertz CT molecular complexity index is 712. The average molecular weight is 275 g/mol. The fourth-order valence-corrected chi connectivity index (χ4v) is 1.82. The van der Waals surface area contributed by atoms with E-state index in [0.717, 1.165) is 6.07 Å². The van der Waals surface area contributed by atoms with Crippen LogP contribution in [-0.4, -0.2) is 16.0 Å². The average Bonchev–Trinajstić information content (AvgIpc) is 2.41. The molecule has 0 unspecified atom stereocenters. The zero-order valence-electron chi connectivity index (χ0n) is 10.5. The molecule has 0 saturated carbocycles. The molecule has 0 aliphatic heterocycles. The molecule has 0 amide bonds. The molecule has 1 N–H and O–H groups in total. The Morgan fingerprint density at radius 2 is 1.95 bits per heavy atom. The molecule has 0 heterocycles. The molecule has 0 bridgehead atoms. The van der Waals surface area contributed by atoms with E-state index in [2.05, 4.69) is 0 Å². The fourth-order valence-electron chi connectivity index (χ4n) is 1.82. The van der Waals surface area contributed by atoms with Gasteiger partial charge in [-0.25, -0.2) is 9.18 Å². The molecule has 0 aliphatic rings. The molecule has 20 heavy (non-hydrogen) atoms. The van der Waals surface area contributed by atoms with Crippen LogP contribution in [0, 0.1) is 22.9 Å². The van der Waals surface area contributed by atoms with E-state index in [-0.39, 0.29) is 16.8 Å². The van der Waals surface area contributed by atoms with E-state index in [1.54, 1.807) is 13.0 Å². The molecule has 0 aromatic heterocycles. The van der Waals surface area contributed by atoms with Crippen LogP contribution in [0.5, 0.6) is 0 Å². The third-order valence-corrected chi connectivity index (χ3v) is 2.92. The largest absolute Gasteiger partial charge is 0.478 e. The monoisotopic (exact) mass is 275 g/mol. The fraction of sp³-hybridized carbons (Fsp3) is 0.0714. The van der Waals surface area contributed by atoms with Crippen molar-refractivity contribution in [1.82, 2.24) is 0 Å². The number of carboxylic acid groups (broad SMARTS) is 1. The lowest BCUT2D eigenvalue weighted by atomic mass is 10.0. The minimum Gasteiger partial charge on any atom is -0.478 e. The SMILES string of the molecule is Cc1ccc(-c2ccc(C(=O)O)cc2[N+](=O)[O-])cc1F. The lowest BCUT2D eigenvalue weighted by Gasteiger charge is -2.06. The summed E-state index contributed by atoms with van der Waals surface area (Å²) in [6, 6.07) is 7.79. The molecule has 0 saturated heterocycles. The standard InChI is InChI=1S/C14H10FNO4/c1-8-2-3-9(6-12(8)15)11-5-4-10(14(17)18)7-13(11)16(19)20/h2-7H,1H3,(H,17,18). The van der Waals surface area contributed by atoms with Crippen LogP contribution in [0.1, 0.15) is 15.9 Å². The molecule has 2 rings (SSSR count). The Balaban J connectivity index is 2.63. The van der Waals surface area contributed by atoms with Crippen molar-refractivity contribution >= 4 is 11.7 Å². The Labute approximate surface area is 113 Å². The minimum atomic E-state index is -1.25. The highest BCUT2D eigenvalue weighted by molar-refractivity contribution is 5.90. The summed E-state index contributed by atoms with van der Waals surface area (Å²) in [5, 5.41) is 19.9. The van der Waals surface area contributed by atoms with E-state index in [9.17, 15) is 19.3 Å². The molecule has 0 fully saturated rings. The van der Waals surface area contributed by atoms with Gasteiger partial charge in [0.2, 0.25) is 0 Å². The van der Waals surface area contributed by atoms with Gasteiger partial charge in [-0.1, -0.05) is 12.1 Å². The molecule has 2 aromatic carbocycles. The number of aryl methyl sites for hydroxylation is 1. The Hall–Kier alpha value is -2.76. The van der Waals surface area contributed by atoms with Gasteiger partial charge >= 0.3 is 5.97 Å². The van der Waals surface area contributed by atoms with Gasteiger partial charge in [-0.15, -0.1) is 0 Å². The van der Waals surface area contributed by atoms with Crippen molar-refractivity contribution in [2.75, 3.05) is 0 Å². The van der Waals surface area contributed by atoms with Crippen LogP contribution in [0.2, 0.25) is 0 Å². The number of rotatable bonds is 3. The van der Waals surface area contributed by atoms with Crippen LogP contribution in [0.15, 0.2) is 36.4 Å². The van der Waals surface area contributed by atoms with Crippen LogP contribution in [0.25, 0.3) is 11.1 Å². The summed E-state index contributed by atoms with van der Waals surface area (Å²) in [4.78, 5) is 21.2. The van der Waals surface area contributed by atoms with Crippen LogP contribution in [-0.2, 0) is 0 Å². The second-order valence-electron chi connectivity index (χ2n) is 4.26. The number of hydrogen-bond acceptors (Lipinski definition) is 3. The summed E-state index contributed by atoms with van der Waals surface area (Å²) < 4.78 is 13.5. The zero-order chi connectivity index (χ0) is 14.9. The lowest BCUT2D eigenvalue weighted by molar-refractivity contribution is -0.384. The van der Waals surface area contributed by atoms with E-state index in [0.29, 0.717) is 11.1 Å². The van der Waals surface area contributed by atoms with Crippen molar-refractivity contribution < 1.29 is 19.2 Å². The van der Waals surface area contributed by atoms with Crippen molar-refractivity contribution in [3.63, 3.8) is 0 Å². The third-order valence-electron chi connectivity index (χ3n) is 2.92. The first-order valence-electron chi connectivity index (χ1n) is 5.68. The number of nitro benzene ring substituents is 1. The Kier molecular flexibility index (Phi) is 3.47. The number of carboxylic acids is 1. The van der Waals surface area contributed by atoms with Gasteiger partial charge < -0.3 is 5.11 Å². The van der Waals surface area contributed by atoms with Crippen LogP contribution in [0.3, 0.4) is 0 Å². The van der Waals surface area contributed by atoms with Gasteiger partial charge in [0, 0.05) is 6.07 Å². The van der Waals surface area contributed by atoms with Crippen molar-refractivity contribution in [1.29, 1.82) is 0 Å². The predicted octanol–water partition coefficient (Wildman–Crippen LogP) is 3.41. The van der Waals surface area contributed by atoms with E-state index in [4.69, 9.17) is 5.11 Å². The van der Waals surface area contributed by atoms with Crippen LogP contribution in [0.4, 0.5) is 10.1 Å². The van der Waals surface area contributed by atoms with Crippen molar-refractivity contribution in [3.8, 4) is 11.1 Å². The summed E-state index contributed by atoms with van der Waals surface area (Å²) in [6.45, 7) is 1.58. The lowest BCUT2D eigenvalue weighted by Crippen LogP contribution is -2.00. The molecule has 6 heteroatoms. The van der Waals surface area contributed by atoms with E-state index < -0.39 is 16.7 Å². The third kappa shape index (κ3) is 2.49. The highest BCUT2D eigenvalue weighted by Crippen LogP contribution is 2.31. The van der Waals surface area contributed by atoms with Gasteiger partial charge in [0.15, 0.2) is 0 Å². The number of carbonyl (C=O) groups is 1. The summed E-state index contributed by atoms with van der Waals surface area (Å²) in [6.07, 6.45) is 0. The van der Waals surface area contributed by atoms with Gasteiger partial charge in [-0.2, -0.15) is 0 Å². The topological polar surface area (TPSA) is 80.4 Å². The van der Waals surface area contributed by atoms with E-state index in [1.807, 2.05) is 0 Å². The molecular formula is C14H10FNO4. The number of hydrogen-bond donors (Lipinski definition) is 1. The van der Waals surface area contributed by atoms with Crippen molar-refractivity contribution in [2.45, 2.75) is 6.92 Å². The van der Waals surface area contributed by atoms with Crippen molar-refractivity contribution in [3.05, 3.63) is 63.5 Å².